The number of hydrogen-bond acceptors (Lipinski definition) is 8. The minimum absolute atomic E-state index is 0.0539. The number of fused-ring (bicyclic) bond motifs is 2. The predicted octanol–water partition coefficient (Wildman–Crippen LogP) is 6.54. The minimum Gasteiger partial charge on any atom is -0.485 e. The lowest BCUT2D eigenvalue weighted by Gasteiger charge is -2.57. The van der Waals surface area contributed by atoms with E-state index in [9.17, 15) is 13.6 Å². The quantitative estimate of drug-likeness (QED) is 0.171. The van der Waals surface area contributed by atoms with Crippen LogP contribution in [0.2, 0.25) is 0 Å². The van der Waals surface area contributed by atoms with Crippen molar-refractivity contribution in [2.24, 2.45) is 16.9 Å². The number of likely N-dealkylation sites (tertiary alicyclic amines) is 1. The first-order valence-electron chi connectivity index (χ1n) is 17.2. The monoisotopic (exact) mass is 669 g/mol. The highest BCUT2D eigenvalue weighted by molar-refractivity contribution is 6.05. The van der Waals surface area contributed by atoms with Crippen LogP contribution in [0, 0.1) is 12.3 Å². The SMILES string of the molecule is C=CC(=O)C1(N)CC2(CCC(N)(c3nc(C4CCN(C)CC4)nc4c(OCC(F)F)c(-c5c(C)ccc6[nH]ncc56)c(C=C)cc34)CC2)C1. The molecular weight excluding hydrogens is 624 g/mol. The smallest absolute Gasteiger partial charge is 0.272 e. The van der Waals surface area contributed by atoms with E-state index in [1.165, 1.54) is 6.08 Å². The molecule has 4 aromatic rings. The molecule has 1 aliphatic heterocycles. The number of benzene rings is 2. The Labute approximate surface area is 285 Å². The molecule has 0 radical (unpaired) electrons. The van der Waals surface area contributed by atoms with E-state index in [4.69, 9.17) is 26.2 Å². The summed E-state index contributed by atoms with van der Waals surface area (Å²) in [7, 11) is 2.10. The van der Waals surface area contributed by atoms with E-state index in [0.717, 1.165) is 60.8 Å². The van der Waals surface area contributed by atoms with Gasteiger partial charge in [-0.1, -0.05) is 25.3 Å². The molecule has 0 bridgehead atoms. The van der Waals surface area contributed by atoms with E-state index >= 15 is 0 Å². The molecule has 2 aromatic carbocycles. The molecule has 49 heavy (non-hydrogen) atoms. The van der Waals surface area contributed by atoms with E-state index < -0.39 is 24.1 Å². The second kappa shape index (κ2) is 12.4. The van der Waals surface area contributed by atoms with Crippen molar-refractivity contribution in [3.63, 3.8) is 0 Å². The third-order valence-electron chi connectivity index (χ3n) is 11.5. The summed E-state index contributed by atoms with van der Waals surface area (Å²) in [6.07, 6.45) is 7.93. The molecule has 2 saturated carbocycles. The number of carbonyl (C=O) groups excluding carboxylic acids is 1. The summed E-state index contributed by atoms with van der Waals surface area (Å²) in [5, 5.41) is 8.82. The fourth-order valence-electron chi connectivity index (χ4n) is 8.75. The Hall–Kier alpha value is -4.06. The minimum atomic E-state index is -2.70. The summed E-state index contributed by atoms with van der Waals surface area (Å²) in [5.41, 5.74) is 17.2. The van der Waals surface area contributed by atoms with Crippen molar-refractivity contribution in [2.45, 2.75) is 81.7 Å². The van der Waals surface area contributed by atoms with E-state index in [0.29, 0.717) is 59.2 Å². The van der Waals surface area contributed by atoms with Gasteiger partial charge < -0.3 is 21.1 Å². The van der Waals surface area contributed by atoms with Crippen molar-refractivity contribution in [1.82, 2.24) is 25.1 Å². The van der Waals surface area contributed by atoms with Gasteiger partial charge in [-0.3, -0.25) is 9.89 Å². The van der Waals surface area contributed by atoms with Crippen LogP contribution in [-0.4, -0.2) is 69.6 Å². The third kappa shape index (κ3) is 5.75. The summed E-state index contributed by atoms with van der Waals surface area (Å²) in [5.74, 6) is 0.905. The second-order valence-electron chi connectivity index (χ2n) is 14.8. The van der Waals surface area contributed by atoms with Crippen LogP contribution in [0.4, 0.5) is 8.78 Å². The molecule has 3 aliphatic rings. The number of aryl methyl sites for hydroxylation is 1. The highest BCUT2D eigenvalue weighted by atomic mass is 19.3. The number of nitrogens with one attached hydrogen (secondary N) is 1. The van der Waals surface area contributed by atoms with Gasteiger partial charge >= 0.3 is 0 Å². The van der Waals surface area contributed by atoms with Gasteiger partial charge in [-0.05, 0) is 119 Å². The van der Waals surface area contributed by atoms with Crippen molar-refractivity contribution in [3.8, 4) is 16.9 Å². The maximum atomic E-state index is 13.9. The zero-order valence-corrected chi connectivity index (χ0v) is 28.3. The number of nitrogens with two attached hydrogens (primary N) is 2. The topological polar surface area (TPSA) is 136 Å². The number of alkyl halides is 2. The number of carbonyl (C=O) groups is 1. The van der Waals surface area contributed by atoms with Gasteiger partial charge in [0.25, 0.3) is 6.43 Å². The molecule has 9 nitrogen and oxygen atoms in total. The Bertz CT molecular complexity index is 1950. The number of piperidine rings is 1. The van der Waals surface area contributed by atoms with Crippen LogP contribution in [0.1, 0.15) is 79.9 Å². The first kappa shape index (κ1) is 33.4. The number of H-pyrrole nitrogens is 1. The van der Waals surface area contributed by atoms with Crippen LogP contribution in [0.25, 0.3) is 39.0 Å². The number of halogens is 2. The number of hydrogen-bond donors (Lipinski definition) is 3. The molecule has 2 aliphatic carbocycles. The van der Waals surface area contributed by atoms with Crippen LogP contribution in [0.15, 0.2) is 43.6 Å². The van der Waals surface area contributed by atoms with Gasteiger partial charge in [0, 0.05) is 22.3 Å². The predicted molar refractivity (Wildman–Crippen MR) is 189 cm³/mol. The lowest BCUT2D eigenvalue weighted by Crippen LogP contribution is -2.64. The molecule has 0 unspecified atom stereocenters. The average molecular weight is 670 g/mol. The standard InChI is InChI=1S/C38H45F2N7O2/c1-5-23-17-25-32(33(49-19-29(39)40)31(23)30-22(3)7-8-27-26(30)18-43-46-27)44-35(24-9-15-47(4)16-10-24)45-34(25)37(41)13-11-36(12-14-37)20-38(42,21-36)28(48)6-2/h5-8,17-18,24,29H,1-2,9-16,19-21,41-42H2,3-4H3,(H,43,46). The Morgan fingerprint density at radius 1 is 1.10 bits per heavy atom. The number of ketones is 1. The van der Waals surface area contributed by atoms with Gasteiger partial charge in [0.2, 0.25) is 0 Å². The molecule has 7 rings (SSSR count). The van der Waals surface area contributed by atoms with Crippen LogP contribution >= 0.6 is 0 Å². The highest BCUT2D eigenvalue weighted by Gasteiger charge is 2.57. The maximum Gasteiger partial charge on any atom is 0.272 e. The van der Waals surface area contributed by atoms with Crippen molar-refractivity contribution < 1.29 is 18.3 Å². The van der Waals surface area contributed by atoms with Crippen LogP contribution in [0.3, 0.4) is 0 Å². The molecule has 11 heteroatoms. The molecule has 5 N–H and O–H groups in total. The average Bonchev–Trinajstić information content (AvgIpc) is 3.56. The largest absolute Gasteiger partial charge is 0.485 e. The number of aromatic amines is 1. The zero-order chi connectivity index (χ0) is 34.7. The molecule has 3 heterocycles. The molecule has 3 fully saturated rings. The lowest BCUT2D eigenvalue weighted by molar-refractivity contribution is -0.130. The molecule has 1 spiro atoms. The Morgan fingerprint density at radius 3 is 2.47 bits per heavy atom. The summed E-state index contributed by atoms with van der Waals surface area (Å²) < 4.78 is 34.0. The van der Waals surface area contributed by atoms with Gasteiger partial charge in [0.05, 0.1) is 28.5 Å². The second-order valence-corrected chi connectivity index (χ2v) is 14.8. The van der Waals surface area contributed by atoms with Crippen LogP contribution in [0.5, 0.6) is 5.75 Å². The molecule has 1 saturated heterocycles. The first-order chi connectivity index (χ1) is 23.4. The first-order valence-corrected chi connectivity index (χ1v) is 17.2. The van der Waals surface area contributed by atoms with E-state index in [-0.39, 0.29) is 22.9 Å². The molecule has 258 valence electrons. The lowest BCUT2D eigenvalue weighted by atomic mass is 9.49. The maximum absolute atomic E-state index is 13.9. The third-order valence-corrected chi connectivity index (χ3v) is 11.5. The fourth-order valence-corrected chi connectivity index (χ4v) is 8.75. The van der Waals surface area contributed by atoms with Crippen LogP contribution in [-0.2, 0) is 10.3 Å². The number of ether oxygens (including phenoxy) is 1. The highest BCUT2D eigenvalue weighted by Crippen LogP contribution is 2.59. The van der Waals surface area contributed by atoms with Gasteiger partial charge in [-0.15, -0.1) is 0 Å². The summed E-state index contributed by atoms with van der Waals surface area (Å²) in [6, 6.07) is 5.92. The van der Waals surface area contributed by atoms with Crippen molar-refractivity contribution in [1.29, 1.82) is 0 Å². The van der Waals surface area contributed by atoms with E-state index in [1.54, 1.807) is 12.3 Å². The molecule has 0 atom stereocenters. The number of aromatic nitrogens is 4. The fraction of sp³-hybridized carbons (Fsp3) is 0.474. The summed E-state index contributed by atoms with van der Waals surface area (Å²) >= 11 is 0. The Kier molecular flexibility index (Phi) is 8.44. The molecule has 2 aromatic heterocycles. The van der Waals surface area contributed by atoms with Gasteiger partial charge in [-0.25, -0.2) is 18.7 Å². The summed E-state index contributed by atoms with van der Waals surface area (Å²) in [6.45, 7) is 10.8. The van der Waals surface area contributed by atoms with Gasteiger partial charge in [-0.2, -0.15) is 5.10 Å². The normalized spacial score (nSPS) is 26.3. The van der Waals surface area contributed by atoms with Crippen molar-refractivity contribution in [3.05, 3.63) is 66.3 Å². The van der Waals surface area contributed by atoms with E-state index in [2.05, 4.69) is 35.3 Å². The van der Waals surface area contributed by atoms with E-state index in [1.807, 2.05) is 25.1 Å². The van der Waals surface area contributed by atoms with Crippen LogP contribution < -0.4 is 16.2 Å². The number of rotatable bonds is 9. The Balaban J connectivity index is 1.42. The molecular formula is C38H45F2N7O2. The van der Waals surface area contributed by atoms with Gasteiger partial charge in [0.1, 0.15) is 17.9 Å². The number of nitrogens with zero attached hydrogens (tertiary/aromatic N) is 4. The summed E-state index contributed by atoms with van der Waals surface area (Å²) in [4.78, 5) is 25.2. The Morgan fingerprint density at radius 2 is 1.82 bits per heavy atom. The molecule has 0 amide bonds. The van der Waals surface area contributed by atoms with Crippen molar-refractivity contribution in [2.75, 3.05) is 26.7 Å². The van der Waals surface area contributed by atoms with Gasteiger partial charge in [0.15, 0.2) is 11.5 Å². The zero-order valence-electron chi connectivity index (χ0n) is 28.3. The van der Waals surface area contributed by atoms with Crippen molar-refractivity contribution >= 4 is 33.7 Å².